The van der Waals surface area contributed by atoms with Crippen LogP contribution in [0, 0.1) is 17.1 Å². The fourth-order valence-corrected chi connectivity index (χ4v) is 3.58. The van der Waals surface area contributed by atoms with E-state index in [1.165, 1.54) is 12.1 Å². The quantitative estimate of drug-likeness (QED) is 0.725. The van der Waals surface area contributed by atoms with E-state index in [0.717, 1.165) is 25.2 Å². The van der Waals surface area contributed by atoms with Gasteiger partial charge in [0.05, 0.1) is 43.0 Å². The van der Waals surface area contributed by atoms with E-state index >= 15 is 0 Å². The first kappa shape index (κ1) is 21.9. The van der Waals surface area contributed by atoms with Gasteiger partial charge in [-0.15, -0.1) is 0 Å². The highest BCUT2D eigenvalue weighted by molar-refractivity contribution is 6.30. The maximum absolute atomic E-state index is 14.8. The molecule has 158 valence electrons. The van der Waals surface area contributed by atoms with Gasteiger partial charge in [0.1, 0.15) is 17.3 Å². The monoisotopic (exact) mass is 441 g/mol. The fraction of sp³-hybridized carbons (Fsp3) is 0.136. The summed E-state index contributed by atoms with van der Waals surface area (Å²) in [5.41, 5.74) is 5.97. The van der Waals surface area contributed by atoms with Crippen LogP contribution in [0.4, 0.5) is 10.1 Å². The molecule has 31 heavy (non-hydrogen) atoms. The lowest BCUT2D eigenvalue weighted by atomic mass is 9.81. The van der Waals surface area contributed by atoms with Crippen LogP contribution in [-0.2, 0) is 19.1 Å². The standard InChI is InChI=1S/C22H17ClFN3O4/c1-30-21(28)18-17(12-6-4-3-5-7-12)14(11-25)20(26)27(19(18)22(29)31-2)16-9-8-13(23)10-15(16)24/h3-10,17H,26H2,1-2H3. The molecule has 1 aliphatic rings. The van der Waals surface area contributed by atoms with Gasteiger partial charge in [0.2, 0.25) is 0 Å². The first-order valence-corrected chi connectivity index (χ1v) is 9.34. The van der Waals surface area contributed by atoms with Crippen molar-refractivity contribution >= 4 is 29.2 Å². The maximum Gasteiger partial charge on any atom is 0.355 e. The highest BCUT2D eigenvalue weighted by atomic mass is 35.5. The molecule has 1 unspecified atom stereocenters. The lowest BCUT2D eigenvalue weighted by molar-refractivity contribution is -0.139. The van der Waals surface area contributed by atoms with Crippen LogP contribution in [0.5, 0.6) is 0 Å². The maximum atomic E-state index is 14.8. The molecular weight excluding hydrogens is 425 g/mol. The molecule has 0 amide bonds. The zero-order valence-electron chi connectivity index (χ0n) is 16.6. The Morgan fingerprint density at radius 1 is 1.13 bits per heavy atom. The van der Waals surface area contributed by atoms with Crippen molar-refractivity contribution in [1.29, 1.82) is 5.26 Å². The second-order valence-electron chi connectivity index (χ2n) is 6.43. The van der Waals surface area contributed by atoms with Gasteiger partial charge >= 0.3 is 11.9 Å². The molecule has 3 rings (SSSR count). The van der Waals surface area contributed by atoms with Crippen LogP contribution in [0.15, 0.2) is 71.2 Å². The topological polar surface area (TPSA) is 106 Å². The van der Waals surface area contributed by atoms with E-state index in [2.05, 4.69) is 0 Å². The summed E-state index contributed by atoms with van der Waals surface area (Å²) < 4.78 is 24.6. The minimum Gasteiger partial charge on any atom is -0.466 e. The van der Waals surface area contributed by atoms with Gasteiger partial charge in [0.15, 0.2) is 0 Å². The Hall–Kier alpha value is -3.83. The summed E-state index contributed by atoms with van der Waals surface area (Å²) in [6, 6.07) is 14.2. The number of nitrogens with two attached hydrogens (primary N) is 1. The number of halogens is 2. The summed E-state index contributed by atoms with van der Waals surface area (Å²) in [5.74, 6) is -3.94. The van der Waals surface area contributed by atoms with E-state index in [0.29, 0.717) is 5.56 Å². The molecule has 1 atom stereocenters. The fourth-order valence-electron chi connectivity index (χ4n) is 3.43. The number of carbonyl (C=O) groups is 2. The van der Waals surface area contributed by atoms with Crippen molar-refractivity contribution < 1.29 is 23.5 Å². The van der Waals surface area contributed by atoms with Gasteiger partial charge in [0.25, 0.3) is 0 Å². The Bertz CT molecular complexity index is 1160. The summed E-state index contributed by atoms with van der Waals surface area (Å²) in [5, 5.41) is 10.0. The Labute approximate surface area is 182 Å². The normalized spacial score (nSPS) is 16.1. The number of esters is 2. The molecule has 9 heteroatoms. The molecule has 0 saturated carbocycles. The molecule has 0 radical (unpaired) electrons. The number of anilines is 1. The highest BCUT2D eigenvalue weighted by Gasteiger charge is 2.43. The molecular formula is C22H17ClFN3O4. The van der Waals surface area contributed by atoms with Gasteiger partial charge in [-0.3, -0.25) is 4.90 Å². The van der Waals surface area contributed by atoms with Crippen molar-refractivity contribution in [2.45, 2.75) is 5.92 Å². The van der Waals surface area contributed by atoms with Crippen molar-refractivity contribution in [2.24, 2.45) is 5.73 Å². The van der Waals surface area contributed by atoms with Gasteiger partial charge in [-0.05, 0) is 23.8 Å². The Morgan fingerprint density at radius 3 is 2.32 bits per heavy atom. The minimum absolute atomic E-state index is 0.0615. The average molecular weight is 442 g/mol. The minimum atomic E-state index is -1.03. The number of benzene rings is 2. The van der Waals surface area contributed by atoms with Gasteiger partial charge < -0.3 is 15.2 Å². The summed E-state index contributed by atoms with van der Waals surface area (Å²) in [7, 11) is 2.24. The van der Waals surface area contributed by atoms with Gasteiger partial charge in [-0.25, -0.2) is 14.0 Å². The Balaban J connectivity index is 2.43. The first-order chi connectivity index (χ1) is 14.8. The highest BCUT2D eigenvalue weighted by Crippen LogP contribution is 2.43. The SMILES string of the molecule is COC(=O)C1=C(C(=O)OC)N(c2ccc(Cl)cc2F)C(N)=C(C#N)C1c1ccccc1. The number of methoxy groups -OCH3 is 2. The summed E-state index contributed by atoms with van der Waals surface area (Å²) in [6.45, 7) is 0. The van der Waals surface area contributed by atoms with Crippen molar-refractivity contribution in [3.63, 3.8) is 0 Å². The summed E-state index contributed by atoms with van der Waals surface area (Å²) in [4.78, 5) is 26.7. The van der Waals surface area contributed by atoms with Crippen LogP contribution in [0.1, 0.15) is 11.5 Å². The number of allylic oxidation sites excluding steroid dienone is 1. The Kier molecular flexibility index (Phi) is 6.28. The number of rotatable bonds is 4. The zero-order valence-corrected chi connectivity index (χ0v) is 17.3. The lowest BCUT2D eigenvalue weighted by Crippen LogP contribution is -2.41. The third kappa shape index (κ3) is 3.83. The van der Waals surface area contributed by atoms with E-state index in [-0.39, 0.29) is 33.4 Å². The first-order valence-electron chi connectivity index (χ1n) is 8.96. The second kappa shape index (κ2) is 8.90. The molecule has 0 spiro atoms. The smallest absolute Gasteiger partial charge is 0.355 e. The molecule has 2 N–H and O–H groups in total. The van der Waals surface area contributed by atoms with Crippen molar-refractivity contribution in [2.75, 3.05) is 19.1 Å². The van der Waals surface area contributed by atoms with Crippen LogP contribution in [0.25, 0.3) is 0 Å². The molecule has 7 nitrogen and oxygen atoms in total. The predicted octanol–water partition coefficient (Wildman–Crippen LogP) is 3.38. The molecule has 0 fully saturated rings. The van der Waals surface area contributed by atoms with E-state index in [1.54, 1.807) is 30.3 Å². The molecule has 0 saturated heterocycles. The number of nitriles is 1. The number of ether oxygens (including phenoxy) is 2. The lowest BCUT2D eigenvalue weighted by Gasteiger charge is -2.36. The second-order valence-corrected chi connectivity index (χ2v) is 6.87. The molecule has 0 aromatic heterocycles. The third-order valence-corrected chi connectivity index (χ3v) is 5.00. The van der Waals surface area contributed by atoms with E-state index < -0.39 is 23.7 Å². The number of hydrogen-bond acceptors (Lipinski definition) is 7. The number of hydrogen-bond donors (Lipinski definition) is 1. The summed E-state index contributed by atoms with van der Waals surface area (Å²) in [6.07, 6.45) is 0. The molecule has 1 heterocycles. The van der Waals surface area contributed by atoms with Crippen LogP contribution in [0.3, 0.4) is 0 Å². The average Bonchev–Trinajstić information content (AvgIpc) is 2.78. The van der Waals surface area contributed by atoms with Crippen LogP contribution < -0.4 is 10.6 Å². The zero-order chi connectivity index (χ0) is 22.7. The van der Waals surface area contributed by atoms with E-state index in [1.807, 2.05) is 6.07 Å². The predicted molar refractivity (Wildman–Crippen MR) is 111 cm³/mol. The van der Waals surface area contributed by atoms with E-state index in [4.69, 9.17) is 26.8 Å². The van der Waals surface area contributed by atoms with Crippen molar-refractivity contribution in [3.05, 3.63) is 87.6 Å². The molecule has 2 aromatic rings. The number of nitrogens with zero attached hydrogens (tertiary/aromatic N) is 2. The largest absolute Gasteiger partial charge is 0.466 e. The van der Waals surface area contributed by atoms with Crippen LogP contribution >= 0.6 is 11.6 Å². The van der Waals surface area contributed by atoms with Crippen LogP contribution in [0.2, 0.25) is 5.02 Å². The van der Waals surface area contributed by atoms with Crippen LogP contribution in [-0.4, -0.2) is 26.2 Å². The van der Waals surface area contributed by atoms with E-state index in [9.17, 15) is 19.2 Å². The third-order valence-electron chi connectivity index (χ3n) is 4.76. The number of carbonyl (C=O) groups excluding carboxylic acids is 2. The molecule has 2 aromatic carbocycles. The molecule has 1 aliphatic heterocycles. The van der Waals surface area contributed by atoms with Gasteiger partial charge in [-0.1, -0.05) is 41.9 Å². The van der Waals surface area contributed by atoms with Gasteiger partial charge in [-0.2, -0.15) is 5.26 Å². The molecule has 0 aliphatic carbocycles. The summed E-state index contributed by atoms with van der Waals surface area (Å²) >= 11 is 5.85. The van der Waals surface area contributed by atoms with Gasteiger partial charge in [0, 0.05) is 5.02 Å². The van der Waals surface area contributed by atoms with Crippen molar-refractivity contribution in [3.8, 4) is 6.07 Å². The Morgan fingerprint density at radius 2 is 1.77 bits per heavy atom. The molecule has 0 bridgehead atoms. The van der Waals surface area contributed by atoms with Crippen molar-refractivity contribution in [1.82, 2.24) is 0 Å².